The van der Waals surface area contributed by atoms with Crippen LogP contribution in [0.25, 0.3) is 0 Å². The molecule has 1 aromatic carbocycles. The van der Waals surface area contributed by atoms with Gasteiger partial charge in [0.2, 0.25) is 0 Å². The number of nitrogens with one attached hydrogen (secondary N) is 1. The SMILES string of the molecule is CC(C)(C)NC(=O)COc1ccc(N)cc1Cl. The van der Waals surface area contributed by atoms with Gasteiger partial charge in [0.15, 0.2) is 6.61 Å². The summed E-state index contributed by atoms with van der Waals surface area (Å²) in [5, 5.41) is 3.19. The molecule has 0 aliphatic rings. The van der Waals surface area contributed by atoms with Crippen molar-refractivity contribution in [1.82, 2.24) is 5.32 Å². The second-order valence-electron chi connectivity index (χ2n) is 4.78. The van der Waals surface area contributed by atoms with Crippen LogP contribution >= 0.6 is 11.6 Å². The minimum atomic E-state index is -0.272. The van der Waals surface area contributed by atoms with E-state index in [2.05, 4.69) is 5.32 Å². The van der Waals surface area contributed by atoms with Gasteiger partial charge in [0.1, 0.15) is 5.75 Å². The molecule has 0 atom stereocenters. The van der Waals surface area contributed by atoms with Gasteiger partial charge in [0.25, 0.3) is 5.91 Å². The van der Waals surface area contributed by atoms with E-state index in [1.54, 1.807) is 18.2 Å². The molecule has 0 bridgehead atoms. The third kappa shape index (κ3) is 4.95. The molecule has 1 rings (SSSR count). The van der Waals surface area contributed by atoms with Crippen molar-refractivity contribution in [1.29, 1.82) is 0 Å². The van der Waals surface area contributed by atoms with Crippen LogP contribution in [0.2, 0.25) is 5.02 Å². The van der Waals surface area contributed by atoms with Gasteiger partial charge in [-0.1, -0.05) is 11.6 Å². The number of amides is 1. The first-order valence-corrected chi connectivity index (χ1v) is 5.64. The molecule has 0 saturated carbocycles. The number of anilines is 1. The summed E-state index contributed by atoms with van der Waals surface area (Å²) in [5.74, 6) is 0.260. The Kier molecular flexibility index (Phi) is 4.23. The topological polar surface area (TPSA) is 64.3 Å². The minimum Gasteiger partial charge on any atom is -0.482 e. The minimum absolute atomic E-state index is 0.0685. The highest BCUT2D eigenvalue weighted by molar-refractivity contribution is 6.32. The van der Waals surface area contributed by atoms with E-state index in [-0.39, 0.29) is 18.1 Å². The zero-order valence-electron chi connectivity index (χ0n) is 10.2. The zero-order chi connectivity index (χ0) is 13.1. The molecule has 5 heteroatoms. The van der Waals surface area contributed by atoms with Gasteiger partial charge in [0.05, 0.1) is 5.02 Å². The standard InChI is InChI=1S/C12H17ClN2O2/c1-12(2,3)15-11(16)7-17-10-5-4-8(14)6-9(10)13/h4-6H,7,14H2,1-3H3,(H,15,16). The quantitative estimate of drug-likeness (QED) is 0.815. The summed E-state index contributed by atoms with van der Waals surface area (Å²) >= 11 is 5.91. The normalized spacial score (nSPS) is 11.1. The smallest absolute Gasteiger partial charge is 0.258 e. The van der Waals surface area contributed by atoms with Gasteiger partial charge in [0, 0.05) is 11.2 Å². The molecule has 0 radical (unpaired) electrons. The van der Waals surface area contributed by atoms with Crippen molar-refractivity contribution in [2.45, 2.75) is 26.3 Å². The summed E-state index contributed by atoms with van der Waals surface area (Å²) in [6, 6.07) is 4.89. The number of halogens is 1. The van der Waals surface area contributed by atoms with E-state index in [0.29, 0.717) is 16.5 Å². The molecular formula is C12H17ClN2O2. The Morgan fingerprint density at radius 2 is 2.12 bits per heavy atom. The number of benzene rings is 1. The van der Waals surface area contributed by atoms with Gasteiger partial charge in [-0.25, -0.2) is 0 Å². The van der Waals surface area contributed by atoms with Crippen LogP contribution in [-0.4, -0.2) is 18.1 Å². The number of ether oxygens (including phenoxy) is 1. The van der Waals surface area contributed by atoms with Gasteiger partial charge in [-0.15, -0.1) is 0 Å². The molecule has 0 spiro atoms. The summed E-state index contributed by atoms with van der Waals surface area (Å²) in [6.45, 7) is 5.64. The van der Waals surface area contributed by atoms with Crippen molar-refractivity contribution in [3.8, 4) is 5.75 Å². The Labute approximate surface area is 106 Å². The highest BCUT2D eigenvalue weighted by atomic mass is 35.5. The van der Waals surface area contributed by atoms with E-state index in [1.165, 1.54) is 0 Å². The number of carbonyl (C=O) groups excluding carboxylic acids is 1. The molecule has 4 nitrogen and oxygen atoms in total. The molecule has 0 heterocycles. The van der Waals surface area contributed by atoms with Crippen molar-refractivity contribution in [3.63, 3.8) is 0 Å². The summed E-state index contributed by atoms with van der Waals surface area (Å²) in [6.07, 6.45) is 0. The number of hydrogen-bond donors (Lipinski definition) is 2. The van der Waals surface area contributed by atoms with E-state index in [0.717, 1.165) is 0 Å². The van der Waals surface area contributed by atoms with Crippen LogP contribution in [0.4, 0.5) is 5.69 Å². The van der Waals surface area contributed by atoms with E-state index < -0.39 is 0 Å². The molecule has 17 heavy (non-hydrogen) atoms. The fourth-order valence-electron chi connectivity index (χ4n) is 1.23. The van der Waals surface area contributed by atoms with Gasteiger partial charge in [-0.3, -0.25) is 4.79 Å². The van der Waals surface area contributed by atoms with Crippen LogP contribution in [0, 0.1) is 0 Å². The van der Waals surface area contributed by atoms with Gasteiger partial charge in [-0.2, -0.15) is 0 Å². The lowest BCUT2D eigenvalue weighted by atomic mass is 10.1. The first kappa shape index (κ1) is 13.6. The molecule has 0 saturated heterocycles. The Morgan fingerprint density at radius 3 is 2.65 bits per heavy atom. The molecule has 0 aliphatic heterocycles. The van der Waals surface area contributed by atoms with E-state index >= 15 is 0 Å². The van der Waals surface area contributed by atoms with Crippen LogP contribution < -0.4 is 15.8 Å². The molecule has 0 unspecified atom stereocenters. The van der Waals surface area contributed by atoms with Gasteiger partial charge >= 0.3 is 0 Å². The highest BCUT2D eigenvalue weighted by Crippen LogP contribution is 2.26. The number of hydrogen-bond acceptors (Lipinski definition) is 3. The Bertz CT molecular complexity index is 413. The number of nitrogens with two attached hydrogens (primary N) is 1. The maximum atomic E-state index is 11.5. The van der Waals surface area contributed by atoms with E-state index in [9.17, 15) is 4.79 Å². The lowest BCUT2D eigenvalue weighted by Gasteiger charge is -2.20. The third-order valence-corrected chi connectivity index (χ3v) is 2.12. The summed E-state index contributed by atoms with van der Waals surface area (Å²) in [4.78, 5) is 11.5. The number of carbonyl (C=O) groups is 1. The third-order valence-electron chi connectivity index (χ3n) is 1.83. The Hall–Kier alpha value is -1.42. The average molecular weight is 257 g/mol. The summed E-state index contributed by atoms with van der Waals surface area (Å²) in [5.41, 5.74) is 5.83. The van der Waals surface area contributed by atoms with Crippen molar-refractivity contribution in [2.75, 3.05) is 12.3 Å². The maximum Gasteiger partial charge on any atom is 0.258 e. The van der Waals surface area contributed by atoms with E-state index in [4.69, 9.17) is 22.1 Å². The monoisotopic (exact) mass is 256 g/mol. The predicted octanol–water partition coefficient (Wildman–Crippen LogP) is 2.22. The Balaban J connectivity index is 2.53. The average Bonchev–Trinajstić information content (AvgIpc) is 2.13. The number of nitrogen functional groups attached to an aromatic ring is 1. The van der Waals surface area contributed by atoms with Crippen LogP contribution in [0.1, 0.15) is 20.8 Å². The summed E-state index contributed by atoms with van der Waals surface area (Å²) < 4.78 is 5.30. The van der Waals surface area contributed by atoms with Crippen molar-refractivity contribution >= 4 is 23.2 Å². The first-order valence-electron chi connectivity index (χ1n) is 5.27. The first-order chi connectivity index (χ1) is 7.78. The molecule has 0 aromatic heterocycles. The largest absolute Gasteiger partial charge is 0.482 e. The maximum absolute atomic E-state index is 11.5. The van der Waals surface area contributed by atoms with E-state index in [1.807, 2.05) is 20.8 Å². The molecular weight excluding hydrogens is 240 g/mol. The number of rotatable bonds is 3. The van der Waals surface area contributed by atoms with Crippen LogP contribution in [0.5, 0.6) is 5.75 Å². The lowest BCUT2D eigenvalue weighted by Crippen LogP contribution is -2.43. The van der Waals surface area contributed by atoms with Gasteiger partial charge in [-0.05, 0) is 39.0 Å². The van der Waals surface area contributed by atoms with Crippen LogP contribution in [-0.2, 0) is 4.79 Å². The zero-order valence-corrected chi connectivity index (χ0v) is 11.0. The summed E-state index contributed by atoms with van der Waals surface area (Å²) in [7, 11) is 0. The van der Waals surface area contributed by atoms with Crippen LogP contribution in [0.15, 0.2) is 18.2 Å². The van der Waals surface area contributed by atoms with Crippen molar-refractivity contribution in [3.05, 3.63) is 23.2 Å². The second kappa shape index (κ2) is 5.27. The molecule has 94 valence electrons. The molecule has 3 N–H and O–H groups in total. The van der Waals surface area contributed by atoms with Gasteiger partial charge < -0.3 is 15.8 Å². The highest BCUT2D eigenvalue weighted by Gasteiger charge is 2.14. The van der Waals surface area contributed by atoms with Crippen molar-refractivity contribution < 1.29 is 9.53 Å². The van der Waals surface area contributed by atoms with Crippen molar-refractivity contribution in [2.24, 2.45) is 0 Å². The Morgan fingerprint density at radius 1 is 1.47 bits per heavy atom. The molecule has 0 aliphatic carbocycles. The second-order valence-corrected chi connectivity index (χ2v) is 5.18. The van der Waals surface area contributed by atoms with Crippen LogP contribution in [0.3, 0.4) is 0 Å². The molecule has 0 fully saturated rings. The predicted molar refractivity (Wildman–Crippen MR) is 69.3 cm³/mol. The fourth-order valence-corrected chi connectivity index (χ4v) is 1.48. The fraction of sp³-hybridized carbons (Fsp3) is 0.417. The lowest BCUT2D eigenvalue weighted by molar-refractivity contribution is -0.124. The molecule has 1 amide bonds. The molecule has 1 aromatic rings.